The number of fused-ring (bicyclic) bond motifs is 1. The molecule has 18 heavy (non-hydrogen) atoms. The summed E-state index contributed by atoms with van der Waals surface area (Å²) in [5.41, 5.74) is 1.69. The molecule has 1 aromatic heterocycles. The maximum absolute atomic E-state index is 13.3. The Morgan fingerprint density at radius 2 is 1.89 bits per heavy atom. The zero-order valence-corrected chi connectivity index (χ0v) is 10.7. The van der Waals surface area contributed by atoms with E-state index in [4.69, 9.17) is 4.74 Å². The van der Waals surface area contributed by atoms with Gasteiger partial charge in [-0.1, -0.05) is 13.8 Å². The molecule has 0 saturated heterocycles. The second-order valence-electron chi connectivity index (χ2n) is 4.30. The van der Waals surface area contributed by atoms with Gasteiger partial charge in [0.25, 0.3) is 0 Å². The third kappa shape index (κ3) is 2.38. The first-order chi connectivity index (χ1) is 8.67. The Hall–Kier alpha value is -1.42. The Bertz CT molecular complexity index is 548. The molecule has 0 aliphatic rings. The molecule has 0 N–H and O–H groups in total. The Morgan fingerprint density at radius 1 is 1.17 bits per heavy atom. The van der Waals surface area contributed by atoms with Gasteiger partial charge in [0.2, 0.25) is 0 Å². The first kappa shape index (κ1) is 13.0. The van der Waals surface area contributed by atoms with Gasteiger partial charge in [-0.15, -0.1) is 0 Å². The van der Waals surface area contributed by atoms with Crippen molar-refractivity contribution in [2.45, 2.75) is 33.4 Å². The van der Waals surface area contributed by atoms with E-state index in [0.717, 1.165) is 23.8 Å². The predicted octanol–water partition coefficient (Wildman–Crippen LogP) is 3.87. The number of halogens is 2. The number of aromatic nitrogens is 1. The molecule has 4 heteroatoms. The van der Waals surface area contributed by atoms with E-state index in [9.17, 15) is 8.78 Å². The van der Waals surface area contributed by atoms with Gasteiger partial charge < -0.3 is 9.30 Å². The number of aryl methyl sites for hydroxylation is 1. The highest BCUT2D eigenvalue weighted by atomic mass is 19.2. The van der Waals surface area contributed by atoms with E-state index in [1.54, 1.807) is 0 Å². The van der Waals surface area contributed by atoms with E-state index >= 15 is 0 Å². The molecule has 1 heterocycles. The van der Waals surface area contributed by atoms with Crippen LogP contribution in [-0.4, -0.2) is 11.2 Å². The minimum Gasteiger partial charge on any atom is -0.361 e. The third-order valence-electron chi connectivity index (χ3n) is 2.97. The van der Waals surface area contributed by atoms with E-state index in [-0.39, 0.29) is 0 Å². The fourth-order valence-electron chi connectivity index (χ4n) is 2.05. The molecule has 2 rings (SSSR count). The molecule has 1 aromatic carbocycles. The van der Waals surface area contributed by atoms with E-state index in [2.05, 4.69) is 0 Å². The van der Waals surface area contributed by atoms with Gasteiger partial charge in [-0.2, -0.15) is 0 Å². The maximum atomic E-state index is 13.3. The summed E-state index contributed by atoms with van der Waals surface area (Å²) < 4.78 is 33.8. The van der Waals surface area contributed by atoms with Crippen LogP contribution < -0.4 is 0 Å². The first-order valence-electron chi connectivity index (χ1n) is 6.21. The third-order valence-corrected chi connectivity index (χ3v) is 2.97. The molecular weight excluding hydrogens is 236 g/mol. The highest BCUT2D eigenvalue weighted by molar-refractivity contribution is 5.84. The van der Waals surface area contributed by atoms with Crippen molar-refractivity contribution in [2.24, 2.45) is 0 Å². The van der Waals surface area contributed by atoms with Crippen LogP contribution in [-0.2, 0) is 17.9 Å². The lowest BCUT2D eigenvalue weighted by molar-refractivity contribution is 0.0803. The first-order valence-corrected chi connectivity index (χ1v) is 6.21. The van der Waals surface area contributed by atoms with Crippen LogP contribution in [0.25, 0.3) is 10.9 Å². The summed E-state index contributed by atoms with van der Waals surface area (Å²) in [6.07, 6.45) is 3.62. The highest BCUT2D eigenvalue weighted by Gasteiger charge is 2.11. The van der Waals surface area contributed by atoms with Gasteiger partial charge in [0.1, 0.15) is 6.73 Å². The summed E-state index contributed by atoms with van der Waals surface area (Å²) in [6.45, 7) is 5.05. The minimum absolute atomic E-state index is 0.370. The van der Waals surface area contributed by atoms with Crippen LogP contribution in [0.3, 0.4) is 0 Å². The standard InChI is InChI=1S/C14H17F2NO/c1-3-5-18-9-17-8-10(4-2)11-6-12(15)13(16)7-14(11)17/h6-8H,3-5,9H2,1-2H3. The number of benzene rings is 1. The van der Waals surface area contributed by atoms with Gasteiger partial charge in [0.15, 0.2) is 11.6 Å². The van der Waals surface area contributed by atoms with Gasteiger partial charge in [0.05, 0.1) is 5.52 Å². The molecule has 0 spiro atoms. The summed E-state index contributed by atoms with van der Waals surface area (Å²) in [6, 6.07) is 2.50. The quantitative estimate of drug-likeness (QED) is 0.738. The molecule has 0 radical (unpaired) electrons. The highest BCUT2D eigenvalue weighted by Crippen LogP contribution is 2.24. The summed E-state index contributed by atoms with van der Waals surface area (Å²) in [5, 5.41) is 0.761. The second kappa shape index (κ2) is 5.48. The molecule has 0 saturated carbocycles. The topological polar surface area (TPSA) is 14.2 Å². The van der Waals surface area contributed by atoms with Crippen molar-refractivity contribution in [2.75, 3.05) is 6.61 Å². The van der Waals surface area contributed by atoms with Gasteiger partial charge in [-0.05, 0) is 24.5 Å². The average Bonchev–Trinajstić information content (AvgIpc) is 2.68. The molecule has 98 valence electrons. The molecule has 2 aromatic rings. The SMILES string of the molecule is CCCOCn1cc(CC)c2cc(F)c(F)cc21. The van der Waals surface area contributed by atoms with Crippen molar-refractivity contribution < 1.29 is 13.5 Å². The normalized spacial score (nSPS) is 11.3. The van der Waals surface area contributed by atoms with Gasteiger partial charge in [-0.25, -0.2) is 8.78 Å². The molecule has 0 bridgehead atoms. The average molecular weight is 253 g/mol. The van der Waals surface area contributed by atoms with Crippen LogP contribution in [0.15, 0.2) is 18.3 Å². The zero-order valence-electron chi connectivity index (χ0n) is 10.7. The van der Waals surface area contributed by atoms with Crippen LogP contribution >= 0.6 is 0 Å². The van der Waals surface area contributed by atoms with E-state index in [1.165, 1.54) is 12.1 Å². The number of nitrogens with zero attached hydrogens (tertiary/aromatic N) is 1. The molecule has 0 aliphatic carbocycles. The van der Waals surface area contributed by atoms with Crippen LogP contribution in [0.5, 0.6) is 0 Å². The Labute approximate surface area is 105 Å². The zero-order chi connectivity index (χ0) is 13.1. The monoisotopic (exact) mass is 253 g/mol. The summed E-state index contributed by atoms with van der Waals surface area (Å²) in [4.78, 5) is 0. The van der Waals surface area contributed by atoms with Crippen molar-refractivity contribution in [3.05, 3.63) is 35.5 Å². The van der Waals surface area contributed by atoms with Crippen molar-refractivity contribution in [3.8, 4) is 0 Å². The predicted molar refractivity (Wildman–Crippen MR) is 67.5 cm³/mol. The summed E-state index contributed by atoms with van der Waals surface area (Å²) in [5.74, 6) is -1.62. The number of hydrogen-bond acceptors (Lipinski definition) is 1. The smallest absolute Gasteiger partial charge is 0.160 e. The van der Waals surface area contributed by atoms with Gasteiger partial charge >= 0.3 is 0 Å². The van der Waals surface area contributed by atoms with Crippen LogP contribution in [0.4, 0.5) is 8.78 Å². The summed E-state index contributed by atoms with van der Waals surface area (Å²) >= 11 is 0. The van der Waals surface area contributed by atoms with Crippen LogP contribution in [0, 0.1) is 11.6 Å². The van der Waals surface area contributed by atoms with E-state index in [0.29, 0.717) is 18.9 Å². The summed E-state index contributed by atoms with van der Waals surface area (Å²) in [7, 11) is 0. The molecule has 0 amide bonds. The lowest BCUT2D eigenvalue weighted by Gasteiger charge is -2.06. The van der Waals surface area contributed by atoms with Crippen LogP contribution in [0.2, 0.25) is 0 Å². The fourth-order valence-corrected chi connectivity index (χ4v) is 2.05. The van der Waals surface area contributed by atoms with Gasteiger partial charge in [-0.3, -0.25) is 0 Å². The molecular formula is C14H17F2NO. The Balaban J connectivity index is 2.43. The van der Waals surface area contributed by atoms with Gasteiger partial charge in [0, 0.05) is 24.3 Å². The minimum atomic E-state index is -0.819. The lowest BCUT2D eigenvalue weighted by atomic mass is 10.1. The van der Waals surface area contributed by atoms with Crippen LogP contribution in [0.1, 0.15) is 25.8 Å². The van der Waals surface area contributed by atoms with Crippen molar-refractivity contribution in [1.82, 2.24) is 4.57 Å². The van der Waals surface area contributed by atoms with Crippen molar-refractivity contribution in [1.29, 1.82) is 0 Å². The lowest BCUT2D eigenvalue weighted by Crippen LogP contribution is -2.02. The Kier molecular flexibility index (Phi) is 3.97. The molecule has 0 unspecified atom stereocenters. The number of ether oxygens (including phenoxy) is 1. The fraction of sp³-hybridized carbons (Fsp3) is 0.429. The number of rotatable bonds is 5. The second-order valence-corrected chi connectivity index (χ2v) is 4.30. The molecule has 0 aliphatic heterocycles. The molecule has 0 fully saturated rings. The van der Waals surface area contributed by atoms with Crippen molar-refractivity contribution >= 4 is 10.9 Å². The molecule has 0 atom stereocenters. The van der Waals surface area contributed by atoms with Crippen molar-refractivity contribution in [3.63, 3.8) is 0 Å². The molecule has 2 nitrogen and oxygen atoms in total. The van der Waals surface area contributed by atoms with E-state index in [1.807, 2.05) is 24.6 Å². The van der Waals surface area contributed by atoms with E-state index < -0.39 is 11.6 Å². The Morgan fingerprint density at radius 3 is 2.56 bits per heavy atom. The number of hydrogen-bond donors (Lipinski definition) is 0. The largest absolute Gasteiger partial charge is 0.361 e. The maximum Gasteiger partial charge on any atom is 0.160 e.